The van der Waals surface area contributed by atoms with Crippen molar-refractivity contribution in [1.82, 2.24) is 20.0 Å². The number of aryl methyl sites for hydroxylation is 1. The van der Waals surface area contributed by atoms with Crippen LogP contribution >= 0.6 is 0 Å². The fraction of sp³-hybridized carbons (Fsp3) is 0.545. The summed E-state index contributed by atoms with van der Waals surface area (Å²) in [5.41, 5.74) is 0.864. The van der Waals surface area contributed by atoms with Gasteiger partial charge >= 0.3 is 12.0 Å². The quantitative estimate of drug-likeness (QED) is 0.797. The van der Waals surface area contributed by atoms with Crippen LogP contribution in [0.1, 0.15) is 18.9 Å². The van der Waals surface area contributed by atoms with Crippen LogP contribution < -0.4 is 5.32 Å². The van der Waals surface area contributed by atoms with Crippen molar-refractivity contribution in [2.45, 2.75) is 25.9 Å². The first-order valence-corrected chi connectivity index (χ1v) is 5.66. The lowest BCUT2D eigenvalue weighted by Gasteiger charge is -2.23. The molecule has 0 saturated heterocycles. The lowest BCUT2D eigenvalue weighted by molar-refractivity contribution is -0.141. The van der Waals surface area contributed by atoms with E-state index in [4.69, 9.17) is 5.11 Å². The molecule has 1 heterocycles. The molecule has 0 aromatic carbocycles. The second-order valence-corrected chi connectivity index (χ2v) is 4.05. The van der Waals surface area contributed by atoms with E-state index in [1.54, 1.807) is 31.0 Å². The maximum Gasteiger partial charge on any atom is 0.326 e. The third-order valence-corrected chi connectivity index (χ3v) is 2.66. The van der Waals surface area contributed by atoms with Crippen LogP contribution in [0.2, 0.25) is 0 Å². The van der Waals surface area contributed by atoms with Crippen LogP contribution in [-0.4, -0.2) is 44.9 Å². The maximum absolute atomic E-state index is 11.8. The molecule has 0 saturated carbocycles. The van der Waals surface area contributed by atoms with Crippen molar-refractivity contribution in [2.24, 2.45) is 7.05 Å². The summed E-state index contributed by atoms with van der Waals surface area (Å²) in [6.45, 7) is 2.05. The SMILES string of the molecule is CCC(C(=O)O)N(C)C(=O)NCc1cnn(C)c1. The van der Waals surface area contributed by atoms with E-state index in [1.807, 2.05) is 0 Å². The summed E-state index contributed by atoms with van der Waals surface area (Å²) in [6, 6.07) is -1.22. The van der Waals surface area contributed by atoms with Gasteiger partial charge in [-0.1, -0.05) is 6.92 Å². The van der Waals surface area contributed by atoms with Gasteiger partial charge in [-0.25, -0.2) is 9.59 Å². The summed E-state index contributed by atoms with van der Waals surface area (Å²) >= 11 is 0. The van der Waals surface area contributed by atoms with E-state index in [9.17, 15) is 9.59 Å². The van der Waals surface area contributed by atoms with Gasteiger partial charge in [0.2, 0.25) is 0 Å². The van der Waals surface area contributed by atoms with Crippen LogP contribution in [0.5, 0.6) is 0 Å². The molecule has 0 spiro atoms. The number of carbonyl (C=O) groups excluding carboxylic acids is 1. The maximum atomic E-state index is 11.8. The number of likely N-dealkylation sites (N-methyl/N-ethyl adjacent to an activating group) is 1. The first-order valence-electron chi connectivity index (χ1n) is 5.66. The summed E-state index contributed by atoms with van der Waals surface area (Å²) in [7, 11) is 3.26. The Hall–Kier alpha value is -2.05. The Morgan fingerprint density at radius 3 is 2.72 bits per heavy atom. The van der Waals surface area contributed by atoms with Gasteiger partial charge in [0.1, 0.15) is 6.04 Å². The number of aromatic nitrogens is 2. The number of aliphatic carboxylic acids is 1. The largest absolute Gasteiger partial charge is 0.480 e. The van der Waals surface area contributed by atoms with E-state index in [2.05, 4.69) is 10.4 Å². The number of nitrogens with zero attached hydrogens (tertiary/aromatic N) is 3. The number of amides is 2. The summed E-state index contributed by atoms with van der Waals surface area (Å²) < 4.78 is 1.64. The molecular formula is C11H18N4O3. The van der Waals surface area contributed by atoms with Crippen molar-refractivity contribution < 1.29 is 14.7 Å². The molecule has 0 radical (unpaired) electrons. The van der Waals surface area contributed by atoms with E-state index in [-0.39, 0.29) is 0 Å². The minimum absolute atomic E-state index is 0.326. The molecular weight excluding hydrogens is 236 g/mol. The Labute approximate surface area is 105 Å². The normalized spacial score (nSPS) is 11.9. The third-order valence-electron chi connectivity index (χ3n) is 2.66. The Morgan fingerprint density at radius 1 is 1.61 bits per heavy atom. The minimum Gasteiger partial charge on any atom is -0.480 e. The molecule has 18 heavy (non-hydrogen) atoms. The molecule has 1 aromatic rings. The molecule has 7 heteroatoms. The van der Waals surface area contributed by atoms with Gasteiger partial charge in [-0.05, 0) is 6.42 Å². The van der Waals surface area contributed by atoms with Crippen LogP contribution in [0.4, 0.5) is 4.79 Å². The standard InChI is InChI=1S/C11H18N4O3/c1-4-9(10(16)17)15(3)11(18)12-5-8-6-13-14(2)7-8/h6-7,9H,4-5H2,1-3H3,(H,12,18)(H,16,17). The van der Waals surface area contributed by atoms with E-state index in [0.717, 1.165) is 5.56 Å². The van der Waals surface area contributed by atoms with Gasteiger partial charge < -0.3 is 15.3 Å². The molecule has 2 N–H and O–H groups in total. The Balaban J connectivity index is 2.52. The number of carboxylic acids is 1. The van der Waals surface area contributed by atoms with Crippen LogP contribution in [0.15, 0.2) is 12.4 Å². The Kier molecular flexibility index (Phi) is 4.70. The highest BCUT2D eigenvalue weighted by atomic mass is 16.4. The number of hydrogen-bond donors (Lipinski definition) is 2. The molecule has 1 unspecified atom stereocenters. The van der Waals surface area contributed by atoms with Gasteiger partial charge in [-0.3, -0.25) is 4.68 Å². The molecule has 2 amide bonds. The zero-order valence-electron chi connectivity index (χ0n) is 10.8. The van der Waals surface area contributed by atoms with Crippen molar-refractivity contribution in [3.05, 3.63) is 18.0 Å². The number of carboxylic acid groups (broad SMARTS) is 1. The molecule has 1 atom stereocenters. The smallest absolute Gasteiger partial charge is 0.326 e. The molecule has 100 valence electrons. The summed E-state index contributed by atoms with van der Waals surface area (Å²) in [4.78, 5) is 23.9. The molecule has 0 bridgehead atoms. The second-order valence-electron chi connectivity index (χ2n) is 4.05. The topological polar surface area (TPSA) is 87.5 Å². The highest BCUT2D eigenvalue weighted by molar-refractivity contribution is 5.82. The molecule has 7 nitrogen and oxygen atoms in total. The van der Waals surface area contributed by atoms with E-state index < -0.39 is 18.0 Å². The third kappa shape index (κ3) is 3.47. The fourth-order valence-corrected chi connectivity index (χ4v) is 1.62. The van der Waals surface area contributed by atoms with E-state index in [1.165, 1.54) is 11.9 Å². The van der Waals surface area contributed by atoms with Gasteiger partial charge in [0.05, 0.1) is 6.20 Å². The van der Waals surface area contributed by atoms with E-state index >= 15 is 0 Å². The first-order chi connectivity index (χ1) is 8.45. The highest BCUT2D eigenvalue weighted by Crippen LogP contribution is 2.03. The van der Waals surface area contributed by atoms with Crippen LogP contribution in [0.25, 0.3) is 0 Å². The summed E-state index contributed by atoms with van der Waals surface area (Å²) in [5, 5.41) is 15.6. The fourth-order valence-electron chi connectivity index (χ4n) is 1.62. The molecule has 0 aliphatic rings. The van der Waals surface area contributed by atoms with Gasteiger partial charge in [0.15, 0.2) is 0 Å². The van der Waals surface area contributed by atoms with Crippen LogP contribution in [0, 0.1) is 0 Å². The molecule has 0 aliphatic carbocycles. The Bertz CT molecular complexity index is 430. The van der Waals surface area contributed by atoms with Gasteiger partial charge in [-0.15, -0.1) is 0 Å². The predicted octanol–water partition coefficient (Wildman–Crippen LogP) is 0.425. The predicted molar refractivity (Wildman–Crippen MR) is 64.9 cm³/mol. The first kappa shape index (κ1) is 14.0. The average Bonchev–Trinajstić information content (AvgIpc) is 2.72. The Morgan fingerprint density at radius 2 is 2.28 bits per heavy atom. The van der Waals surface area contributed by atoms with Crippen molar-refractivity contribution in [2.75, 3.05) is 7.05 Å². The number of carbonyl (C=O) groups is 2. The van der Waals surface area contributed by atoms with Gasteiger partial charge in [-0.2, -0.15) is 5.10 Å². The average molecular weight is 254 g/mol. The molecule has 1 aromatic heterocycles. The van der Waals surface area contributed by atoms with Crippen molar-refractivity contribution >= 4 is 12.0 Å². The lowest BCUT2D eigenvalue weighted by atomic mass is 10.2. The lowest BCUT2D eigenvalue weighted by Crippen LogP contribution is -2.46. The number of urea groups is 1. The molecule has 0 aliphatic heterocycles. The number of nitrogens with one attached hydrogen (secondary N) is 1. The monoisotopic (exact) mass is 254 g/mol. The molecule has 1 rings (SSSR count). The van der Waals surface area contributed by atoms with E-state index in [0.29, 0.717) is 13.0 Å². The molecule has 0 fully saturated rings. The van der Waals surface area contributed by atoms with Crippen LogP contribution in [-0.2, 0) is 18.4 Å². The highest BCUT2D eigenvalue weighted by Gasteiger charge is 2.24. The van der Waals surface area contributed by atoms with Gasteiger partial charge in [0, 0.05) is 32.4 Å². The van der Waals surface area contributed by atoms with Crippen LogP contribution in [0.3, 0.4) is 0 Å². The summed E-state index contributed by atoms with van der Waals surface area (Å²) in [5.74, 6) is -1.00. The van der Waals surface area contributed by atoms with Crippen molar-refractivity contribution in [3.63, 3.8) is 0 Å². The van der Waals surface area contributed by atoms with Crippen molar-refractivity contribution in [3.8, 4) is 0 Å². The van der Waals surface area contributed by atoms with Crippen molar-refractivity contribution in [1.29, 1.82) is 0 Å². The minimum atomic E-state index is -1.00. The number of hydrogen-bond acceptors (Lipinski definition) is 3. The van der Waals surface area contributed by atoms with Gasteiger partial charge in [0.25, 0.3) is 0 Å². The second kappa shape index (κ2) is 6.04. The zero-order chi connectivity index (χ0) is 13.7. The number of rotatable bonds is 5. The zero-order valence-corrected chi connectivity index (χ0v) is 10.8. The summed E-state index contributed by atoms with van der Waals surface area (Å²) in [6.07, 6.45) is 3.80.